The molecule has 0 fully saturated rings. The second-order valence-electron chi connectivity index (χ2n) is 3.95. The summed E-state index contributed by atoms with van der Waals surface area (Å²) in [6.45, 7) is 2.29. The Kier molecular flexibility index (Phi) is 2.83. The van der Waals surface area contributed by atoms with Gasteiger partial charge in [0.05, 0.1) is 24.5 Å². The van der Waals surface area contributed by atoms with Crippen molar-refractivity contribution >= 4 is 23.2 Å². The molecule has 3 heterocycles. The fraction of sp³-hybridized carbons (Fsp3) is 0.250. The van der Waals surface area contributed by atoms with Crippen molar-refractivity contribution in [3.05, 3.63) is 34.0 Å². The Labute approximate surface area is 113 Å². The number of imidazole rings is 1. The highest BCUT2D eigenvalue weighted by Gasteiger charge is 2.26. The van der Waals surface area contributed by atoms with Crippen molar-refractivity contribution in [3.8, 4) is 5.69 Å². The van der Waals surface area contributed by atoms with Gasteiger partial charge in [-0.2, -0.15) is 0 Å². The van der Waals surface area contributed by atoms with E-state index >= 15 is 0 Å². The SMILES string of the molecule is CCOC(=O)c1ncn2c1CNC(=O)c1sccc1-2. The molecular weight excluding hydrogens is 266 g/mol. The number of aromatic nitrogens is 2. The number of amides is 1. The largest absolute Gasteiger partial charge is 0.461 e. The molecule has 0 saturated heterocycles. The smallest absolute Gasteiger partial charge is 0.358 e. The van der Waals surface area contributed by atoms with Crippen LogP contribution in [0, 0.1) is 0 Å². The van der Waals surface area contributed by atoms with Crippen LogP contribution in [-0.4, -0.2) is 28.0 Å². The molecule has 0 radical (unpaired) electrons. The molecule has 1 N–H and O–H groups in total. The average Bonchev–Trinajstić information content (AvgIpc) is 3.00. The van der Waals surface area contributed by atoms with Crippen molar-refractivity contribution in [1.29, 1.82) is 0 Å². The van der Waals surface area contributed by atoms with Crippen molar-refractivity contribution < 1.29 is 14.3 Å². The Hall–Kier alpha value is -2.15. The van der Waals surface area contributed by atoms with E-state index in [1.54, 1.807) is 17.8 Å². The second-order valence-corrected chi connectivity index (χ2v) is 4.86. The van der Waals surface area contributed by atoms with Gasteiger partial charge >= 0.3 is 5.97 Å². The van der Waals surface area contributed by atoms with Crippen LogP contribution >= 0.6 is 11.3 Å². The van der Waals surface area contributed by atoms with Crippen LogP contribution in [0.5, 0.6) is 0 Å². The van der Waals surface area contributed by atoms with Crippen LogP contribution in [0.15, 0.2) is 17.8 Å². The standard InChI is InChI=1S/C12H11N3O3S/c1-2-18-12(17)9-8-5-13-11(16)10-7(3-4-19-10)15(8)6-14-9/h3-4,6H,2,5H2,1H3,(H,13,16). The number of hydrogen-bond acceptors (Lipinski definition) is 5. The molecule has 1 amide bonds. The number of nitrogens with zero attached hydrogens (tertiary/aromatic N) is 2. The molecule has 1 aliphatic heterocycles. The van der Waals surface area contributed by atoms with Gasteiger partial charge in [0.1, 0.15) is 11.2 Å². The van der Waals surface area contributed by atoms with Crippen molar-refractivity contribution in [3.63, 3.8) is 0 Å². The number of carbonyl (C=O) groups excluding carboxylic acids is 2. The summed E-state index contributed by atoms with van der Waals surface area (Å²) >= 11 is 1.36. The molecule has 7 heteroatoms. The van der Waals surface area contributed by atoms with Crippen LogP contribution in [0.25, 0.3) is 5.69 Å². The summed E-state index contributed by atoms with van der Waals surface area (Å²) in [5.41, 5.74) is 1.64. The van der Waals surface area contributed by atoms with Gasteiger partial charge in [0, 0.05) is 0 Å². The molecule has 0 aliphatic carbocycles. The third-order valence-corrected chi connectivity index (χ3v) is 3.76. The number of thiophene rings is 1. The highest BCUT2D eigenvalue weighted by Crippen LogP contribution is 2.26. The van der Waals surface area contributed by atoms with Crippen molar-refractivity contribution in [2.75, 3.05) is 6.61 Å². The van der Waals surface area contributed by atoms with Crippen molar-refractivity contribution in [2.45, 2.75) is 13.5 Å². The molecule has 98 valence electrons. The summed E-state index contributed by atoms with van der Waals surface area (Å²) in [5, 5.41) is 4.61. The molecular formula is C12H11N3O3S. The molecule has 0 aromatic carbocycles. The van der Waals surface area contributed by atoms with E-state index in [1.807, 2.05) is 11.4 Å². The molecule has 6 nitrogen and oxygen atoms in total. The number of fused-ring (bicyclic) bond motifs is 3. The van der Waals surface area contributed by atoms with Gasteiger partial charge in [-0.05, 0) is 18.4 Å². The van der Waals surface area contributed by atoms with Gasteiger partial charge in [0.25, 0.3) is 5.91 Å². The van der Waals surface area contributed by atoms with Gasteiger partial charge < -0.3 is 10.1 Å². The van der Waals surface area contributed by atoms with E-state index in [-0.39, 0.29) is 18.1 Å². The molecule has 19 heavy (non-hydrogen) atoms. The quantitative estimate of drug-likeness (QED) is 0.841. The van der Waals surface area contributed by atoms with Gasteiger partial charge in [-0.1, -0.05) is 0 Å². The molecule has 0 atom stereocenters. The highest BCUT2D eigenvalue weighted by atomic mass is 32.1. The lowest BCUT2D eigenvalue weighted by Gasteiger charge is -2.05. The van der Waals surface area contributed by atoms with Crippen LogP contribution in [-0.2, 0) is 11.3 Å². The maximum atomic E-state index is 11.9. The van der Waals surface area contributed by atoms with E-state index in [0.29, 0.717) is 17.2 Å². The molecule has 0 bridgehead atoms. The summed E-state index contributed by atoms with van der Waals surface area (Å²) in [6.07, 6.45) is 1.55. The zero-order valence-corrected chi connectivity index (χ0v) is 11.0. The first-order valence-corrected chi connectivity index (χ1v) is 6.69. The van der Waals surface area contributed by atoms with Gasteiger partial charge in [-0.15, -0.1) is 11.3 Å². The minimum atomic E-state index is -0.468. The van der Waals surface area contributed by atoms with Gasteiger partial charge in [-0.3, -0.25) is 9.36 Å². The van der Waals surface area contributed by atoms with E-state index in [1.165, 1.54) is 11.3 Å². The zero-order valence-electron chi connectivity index (χ0n) is 10.2. The molecule has 3 rings (SSSR count). The summed E-state index contributed by atoms with van der Waals surface area (Å²) in [4.78, 5) is 28.4. The van der Waals surface area contributed by atoms with Gasteiger partial charge in [-0.25, -0.2) is 9.78 Å². The lowest BCUT2D eigenvalue weighted by molar-refractivity contribution is 0.0518. The van der Waals surface area contributed by atoms with E-state index < -0.39 is 5.97 Å². The first-order chi connectivity index (χ1) is 9.22. The summed E-state index contributed by atoms with van der Waals surface area (Å²) in [7, 11) is 0. The summed E-state index contributed by atoms with van der Waals surface area (Å²) < 4.78 is 6.72. The Balaban J connectivity index is 2.11. The molecule has 1 aliphatic rings. The number of esters is 1. The van der Waals surface area contributed by atoms with Crippen LogP contribution in [0.4, 0.5) is 0 Å². The molecule has 0 saturated carbocycles. The maximum absolute atomic E-state index is 11.9. The minimum absolute atomic E-state index is 0.136. The lowest BCUT2D eigenvalue weighted by atomic mass is 10.3. The maximum Gasteiger partial charge on any atom is 0.358 e. The fourth-order valence-corrected chi connectivity index (χ4v) is 2.83. The summed E-state index contributed by atoms with van der Waals surface area (Å²) in [5.74, 6) is -0.604. The molecule has 0 spiro atoms. The molecule has 2 aromatic heterocycles. The number of nitrogens with one attached hydrogen (secondary N) is 1. The average molecular weight is 277 g/mol. The summed E-state index contributed by atoms with van der Waals surface area (Å²) in [6, 6.07) is 1.84. The van der Waals surface area contributed by atoms with E-state index in [4.69, 9.17) is 4.74 Å². The van der Waals surface area contributed by atoms with Gasteiger partial charge in [0.15, 0.2) is 5.69 Å². The van der Waals surface area contributed by atoms with Crippen LogP contribution in [0.1, 0.15) is 32.8 Å². The Bertz CT molecular complexity index is 659. The zero-order chi connectivity index (χ0) is 13.4. The van der Waals surface area contributed by atoms with Gasteiger partial charge in [0.2, 0.25) is 0 Å². The predicted molar refractivity (Wildman–Crippen MR) is 68.6 cm³/mol. The van der Waals surface area contributed by atoms with Crippen LogP contribution in [0.3, 0.4) is 0 Å². The lowest BCUT2D eigenvalue weighted by Crippen LogP contribution is -2.22. The van der Waals surface area contributed by atoms with Crippen molar-refractivity contribution in [1.82, 2.24) is 14.9 Å². The first kappa shape index (κ1) is 11.9. The highest BCUT2D eigenvalue weighted by molar-refractivity contribution is 7.12. The second kappa shape index (κ2) is 4.51. The first-order valence-electron chi connectivity index (χ1n) is 5.81. The topological polar surface area (TPSA) is 73.2 Å². The number of carbonyl (C=O) groups is 2. The number of hydrogen-bond donors (Lipinski definition) is 1. The van der Waals surface area contributed by atoms with Crippen LogP contribution < -0.4 is 5.32 Å². The molecule has 2 aromatic rings. The predicted octanol–water partition coefficient (Wildman–Crippen LogP) is 1.35. The third-order valence-electron chi connectivity index (χ3n) is 2.86. The number of rotatable bonds is 2. The van der Waals surface area contributed by atoms with Crippen LogP contribution in [0.2, 0.25) is 0 Å². The third kappa shape index (κ3) is 1.82. The van der Waals surface area contributed by atoms with E-state index in [2.05, 4.69) is 10.3 Å². The minimum Gasteiger partial charge on any atom is -0.461 e. The normalized spacial score (nSPS) is 13.2. The fourth-order valence-electron chi connectivity index (χ4n) is 2.03. The Morgan fingerprint density at radius 1 is 1.63 bits per heavy atom. The Morgan fingerprint density at radius 3 is 3.26 bits per heavy atom. The van der Waals surface area contributed by atoms with E-state index in [0.717, 1.165) is 5.69 Å². The van der Waals surface area contributed by atoms with Crippen molar-refractivity contribution in [2.24, 2.45) is 0 Å². The Morgan fingerprint density at radius 2 is 2.47 bits per heavy atom. The monoisotopic (exact) mass is 277 g/mol. The van der Waals surface area contributed by atoms with E-state index in [9.17, 15) is 9.59 Å². The number of ether oxygens (including phenoxy) is 1. The molecule has 0 unspecified atom stereocenters.